The molecule has 0 radical (unpaired) electrons. The van der Waals surface area contributed by atoms with Crippen LogP contribution in [0.25, 0.3) is 5.57 Å². The Balaban J connectivity index is 1.56. The van der Waals surface area contributed by atoms with Gasteiger partial charge >= 0.3 is 0 Å². The molecule has 2 amide bonds. The fraction of sp³-hybridized carbons (Fsp3) is 0.312. The average molecular weight is 577 g/mol. The summed E-state index contributed by atoms with van der Waals surface area (Å²) in [4.78, 5) is 30.4. The Hall–Kier alpha value is -4.86. The number of carbonyl (C=O) groups excluding carboxylic acids is 2. The van der Waals surface area contributed by atoms with E-state index in [4.69, 9.17) is 28.4 Å². The van der Waals surface area contributed by atoms with Crippen LogP contribution in [0.2, 0.25) is 0 Å². The molecule has 4 rings (SSSR count). The maximum Gasteiger partial charge on any atom is 0.254 e. The van der Waals surface area contributed by atoms with Crippen molar-refractivity contribution in [3.05, 3.63) is 77.4 Å². The number of amides is 2. The van der Waals surface area contributed by atoms with Gasteiger partial charge in [0.2, 0.25) is 11.7 Å². The lowest BCUT2D eigenvalue weighted by atomic mass is 9.96. The summed E-state index contributed by atoms with van der Waals surface area (Å²) in [5.74, 6) is 2.75. The highest BCUT2D eigenvalue weighted by Crippen LogP contribution is 2.38. The number of rotatable bonds is 10. The number of hydrogen-bond acceptors (Lipinski definition) is 8. The quantitative estimate of drug-likeness (QED) is 0.332. The van der Waals surface area contributed by atoms with E-state index in [2.05, 4.69) is 0 Å². The van der Waals surface area contributed by atoms with Crippen molar-refractivity contribution in [1.29, 1.82) is 0 Å². The van der Waals surface area contributed by atoms with E-state index in [1.165, 1.54) is 21.3 Å². The maximum atomic E-state index is 13.6. The molecule has 0 saturated carbocycles. The number of nitrogens with zero attached hydrogens (tertiary/aromatic N) is 2. The van der Waals surface area contributed by atoms with Crippen molar-refractivity contribution in [3.63, 3.8) is 0 Å². The fourth-order valence-electron chi connectivity index (χ4n) is 4.84. The van der Waals surface area contributed by atoms with E-state index in [0.29, 0.717) is 66.2 Å². The molecule has 0 bridgehead atoms. The third-order valence-corrected chi connectivity index (χ3v) is 7.15. The Bertz CT molecular complexity index is 1420. The Kier molecular flexibility index (Phi) is 9.80. The van der Waals surface area contributed by atoms with E-state index >= 15 is 0 Å². The highest BCUT2D eigenvalue weighted by Gasteiger charge is 2.26. The summed E-state index contributed by atoms with van der Waals surface area (Å²) in [6, 6.07) is 16.3. The van der Waals surface area contributed by atoms with Crippen molar-refractivity contribution in [1.82, 2.24) is 9.80 Å². The third kappa shape index (κ3) is 6.38. The van der Waals surface area contributed by atoms with E-state index < -0.39 is 0 Å². The number of ether oxygens (including phenoxy) is 6. The first-order chi connectivity index (χ1) is 20.4. The molecule has 3 aromatic carbocycles. The van der Waals surface area contributed by atoms with Gasteiger partial charge in [0.15, 0.2) is 23.0 Å². The van der Waals surface area contributed by atoms with E-state index in [-0.39, 0.29) is 11.8 Å². The molecule has 0 aliphatic carbocycles. The van der Waals surface area contributed by atoms with Gasteiger partial charge in [-0.3, -0.25) is 9.59 Å². The van der Waals surface area contributed by atoms with Crippen molar-refractivity contribution < 1.29 is 38.0 Å². The molecular formula is C32H36N2O8. The molecule has 0 atom stereocenters. The van der Waals surface area contributed by atoms with E-state index in [9.17, 15) is 9.59 Å². The lowest BCUT2D eigenvalue weighted by molar-refractivity contribution is -0.127. The molecule has 0 unspecified atom stereocenters. The summed E-state index contributed by atoms with van der Waals surface area (Å²) < 4.78 is 32.4. The number of carbonyl (C=O) groups is 2. The molecule has 42 heavy (non-hydrogen) atoms. The summed E-state index contributed by atoms with van der Waals surface area (Å²) >= 11 is 0. The van der Waals surface area contributed by atoms with Gasteiger partial charge in [0.1, 0.15) is 5.75 Å². The Morgan fingerprint density at radius 1 is 0.571 bits per heavy atom. The normalized spacial score (nSPS) is 13.3. The number of methoxy groups -OCH3 is 6. The fourth-order valence-corrected chi connectivity index (χ4v) is 4.84. The monoisotopic (exact) mass is 576 g/mol. The van der Waals surface area contributed by atoms with Crippen LogP contribution >= 0.6 is 0 Å². The van der Waals surface area contributed by atoms with Crippen LogP contribution in [-0.2, 0) is 4.79 Å². The molecule has 222 valence electrons. The predicted molar refractivity (Wildman–Crippen MR) is 158 cm³/mol. The molecule has 3 aromatic rings. The van der Waals surface area contributed by atoms with Crippen molar-refractivity contribution >= 4 is 17.4 Å². The zero-order valence-electron chi connectivity index (χ0n) is 24.8. The van der Waals surface area contributed by atoms with Gasteiger partial charge in [-0.15, -0.1) is 0 Å². The highest BCUT2D eigenvalue weighted by atomic mass is 16.5. The lowest BCUT2D eigenvalue weighted by Crippen LogP contribution is -2.50. The predicted octanol–water partition coefficient (Wildman–Crippen LogP) is 4.15. The van der Waals surface area contributed by atoms with Crippen LogP contribution in [0.3, 0.4) is 0 Å². The molecule has 0 spiro atoms. The smallest absolute Gasteiger partial charge is 0.254 e. The standard InChI is InChI=1S/C32H36N2O8/c1-37-24-10-7-21(8-11-24)25(22-9-12-26(38-2)27(17-22)39-3)20-30(35)33-13-15-34(16-14-33)32(36)23-18-28(40-4)31(42-6)29(19-23)41-5/h7-12,17-20H,13-16H2,1-6H3/b25-20+. The van der Waals surface area contributed by atoms with Crippen LogP contribution < -0.4 is 28.4 Å². The second-order valence-electron chi connectivity index (χ2n) is 9.39. The zero-order valence-corrected chi connectivity index (χ0v) is 24.8. The SMILES string of the molecule is COc1ccc(/C(=C\C(=O)N2CCN(C(=O)c3cc(OC)c(OC)c(OC)c3)CC2)c2ccc(OC)c(OC)c2)cc1. The number of hydrogen-bond donors (Lipinski definition) is 0. The Morgan fingerprint density at radius 3 is 1.62 bits per heavy atom. The molecule has 1 aliphatic rings. The van der Waals surface area contributed by atoms with E-state index in [1.807, 2.05) is 42.5 Å². The van der Waals surface area contributed by atoms with Crippen molar-refractivity contribution in [2.45, 2.75) is 0 Å². The van der Waals surface area contributed by atoms with Crippen LogP contribution in [0.5, 0.6) is 34.5 Å². The van der Waals surface area contributed by atoms with Gasteiger partial charge in [-0.25, -0.2) is 0 Å². The molecule has 1 fully saturated rings. The summed E-state index contributed by atoms with van der Waals surface area (Å²) in [5, 5.41) is 0. The number of piperazine rings is 1. The van der Waals surface area contributed by atoms with E-state index in [0.717, 1.165) is 16.7 Å². The lowest BCUT2D eigenvalue weighted by Gasteiger charge is -2.34. The van der Waals surface area contributed by atoms with Crippen LogP contribution in [0, 0.1) is 0 Å². The second kappa shape index (κ2) is 13.7. The Labute approximate surface area is 245 Å². The van der Waals surface area contributed by atoms with Crippen molar-refractivity contribution in [2.24, 2.45) is 0 Å². The van der Waals surface area contributed by atoms with Crippen LogP contribution in [0.15, 0.2) is 60.7 Å². The molecule has 10 nitrogen and oxygen atoms in total. The Morgan fingerprint density at radius 2 is 1.10 bits per heavy atom. The zero-order chi connectivity index (χ0) is 30.2. The molecule has 10 heteroatoms. The van der Waals surface area contributed by atoms with Gasteiger partial charge in [-0.05, 0) is 53.1 Å². The minimum Gasteiger partial charge on any atom is -0.497 e. The topological polar surface area (TPSA) is 96.0 Å². The summed E-state index contributed by atoms with van der Waals surface area (Å²) in [7, 11) is 9.28. The third-order valence-electron chi connectivity index (χ3n) is 7.15. The van der Waals surface area contributed by atoms with Crippen LogP contribution in [0.4, 0.5) is 0 Å². The minimum atomic E-state index is -0.179. The molecule has 1 heterocycles. The average Bonchev–Trinajstić information content (AvgIpc) is 3.05. The van der Waals surface area contributed by atoms with Gasteiger partial charge in [0, 0.05) is 37.8 Å². The first-order valence-corrected chi connectivity index (χ1v) is 13.3. The molecule has 0 N–H and O–H groups in total. The van der Waals surface area contributed by atoms with E-state index in [1.54, 1.807) is 49.3 Å². The van der Waals surface area contributed by atoms with Crippen molar-refractivity contribution in [3.8, 4) is 34.5 Å². The highest BCUT2D eigenvalue weighted by molar-refractivity contribution is 6.00. The molecule has 1 saturated heterocycles. The van der Waals surface area contributed by atoms with Gasteiger partial charge in [0.05, 0.1) is 42.7 Å². The largest absolute Gasteiger partial charge is 0.497 e. The van der Waals surface area contributed by atoms with Gasteiger partial charge in [-0.2, -0.15) is 0 Å². The minimum absolute atomic E-state index is 0.157. The van der Waals surface area contributed by atoms with Crippen molar-refractivity contribution in [2.75, 3.05) is 68.8 Å². The van der Waals surface area contributed by atoms with Gasteiger partial charge < -0.3 is 38.2 Å². The van der Waals surface area contributed by atoms with Gasteiger partial charge in [0.25, 0.3) is 5.91 Å². The molecular weight excluding hydrogens is 540 g/mol. The molecule has 0 aromatic heterocycles. The summed E-state index contributed by atoms with van der Waals surface area (Å²) in [5.41, 5.74) is 2.77. The first kappa shape index (κ1) is 30.1. The first-order valence-electron chi connectivity index (χ1n) is 13.3. The summed E-state index contributed by atoms with van der Waals surface area (Å²) in [6.45, 7) is 1.52. The number of benzene rings is 3. The van der Waals surface area contributed by atoms with Crippen LogP contribution in [-0.4, -0.2) is 90.5 Å². The summed E-state index contributed by atoms with van der Waals surface area (Å²) in [6.07, 6.45) is 1.62. The molecule has 1 aliphatic heterocycles. The van der Waals surface area contributed by atoms with Crippen LogP contribution in [0.1, 0.15) is 21.5 Å². The second-order valence-corrected chi connectivity index (χ2v) is 9.39. The van der Waals surface area contributed by atoms with Gasteiger partial charge in [-0.1, -0.05) is 18.2 Å². The maximum absolute atomic E-state index is 13.6.